The fraction of sp³-hybridized carbons (Fsp3) is 0.806. The SMILES string of the molecule is CC(=O)O[C@@H]1C[C@@]2(C)[C@@H](C[C@@H](O)[C@H]3[C@@]4(C)CCC(O)[C@@H](C)[C@@H]4CC[C@@]32C)/C1=C(\CCC=C(C)C)C(=O)O. The van der Waals surface area contributed by atoms with Crippen molar-refractivity contribution < 1.29 is 29.6 Å². The highest BCUT2D eigenvalue weighted by Gasteiger charge is 2.70. The predicted octanol–water partition coefficient (Wildman–Crippen LogP) is 5.67. The molecule has 0 saturated heterocycles. The van der Waals surface area contributed by atoms with Gasteiger partial charge in [0.2, 0.25) is 0 Å². The zero-order valence-electron chi connectivity index (χ0n) is 23.8. The molecule has 0 heterocycles. The summed E-state index contributed by atoms with van der Waals surface area (Å²) in [5, 5.41) is 32.9. The van der Waals surface area contributed by atoms with Gasteiger partial charge in [-0.2, -0.15) is 0 Å². The van der Waals surface area contributed by atoms with E-state index < -0.39 is 24.1 Å². The Morgan fingerprint density at radius 2 is 1.70 bits per heavy atom. The zero-order valence-corrected chi connectivity index (χ0v) is 23.8. The van der Waals surface area contributed by atoms with E-state index in [1.807, 2.05) is 19.9 Å². The van der Waals surface area contributed by atoms with Crippen LogP contribution in [0.5, 0.6) is 0 Å². The summed E-state index contributed by atoms with van der Waals surface area (Å²) in [4.78, 5) is 24.8. The summed E-state index contributed by atoms with van der Waals surface area (Å²) in [6.07, 6.45) is 6.22. The number of carbonyl (C=O) groups is 2. The maximum atomic E-state index is 12.6. The Balaban J connectivity index is 1.82. The summed E-state index contributed by atoms with van der Waals surface area (Å²) in [6.45, 7) is 14.5. The molecule has 10 atom stereocenters. The summed E-state index contributed by atoms with van der Waals surface area (Å²) in [7, 11) is 0. The molecule has 37 heavy (non-hydrogen) atoms. The van der Waals surface area contributed by atoms with Gasteiger partial charge >= 0.3 is 11.9 Å². The molecule has 0 aliphatic heterocycles. The molecule has 0 aromatic carbocycles. The molecule has 0 spiro atoms. The molecule has 0 aromatic heterocycles. The highest BCUT2D eigenvalue weighted by Crippen LogP contribution is 2.74. The van der Waals surface area contributed by atoms with E-state index in [-0.39, 0.29) is 40.1 Å². The summed E-state index contributed by atoms with van der Waals surface area (Å²) in [5.41, 5.74) is 1.57. The van der Waals surface area contributed by atoms with Gasteiger partial charge in [-0.1, -0.05) is 39.3 Å². The van der Waals surface area contributed by atoms with Crippen molar-refractivity contribution in [2.45, 2.75) is 118 Å². The fourth-order valence-electron chi connectivity index (χ4n) is 9.79. The number of aliphatic carboxylic acids is 1. The molecular weight excluding hydrogens is 468 g/mol. The second-order valence-corrected chi connectivity index (χ2v) is 13.6. The minimum absolute atomic E-state index is 0.0474. The number of esters is 1. The number of carbonyl (C=O) groups excluding carboxylic acids is 1. The van der Waals surface area contributed by atoms with Crippen LogP contribution < -0.4 is 0 Å². The highest BCUT2D eigenvalue weighted by atomic mass is 16.5. The largest absolute Gasteiger partial charge is 0.478 e. The first-order valence-electron chi connectivity index (χ1n) is 14.3. The lowest BCUT2D eigenvalue weighted by atomic mass is 9.36. The molecule has 0 amide bonds. The van der Waals surface area contributed by atoms with E-state index in [4.69, 9.17) is 4.74 Å². The van der Waals surface area contributed by atoms with Gasteiger partial charge in [-0.25, -0.2) is 4.79 Å². The molecule has 6 nitrogen and oxygen atoms in total. The molecule has 4 saturated carbocycles. The maximum absolute atomic E-state index is 12.6. The minimum Gasteiger partial charge on any atom is -0.478 e. The van der Waals surface area contributed by atoms with Gasteiger partial charge in [-0.05, 0) is 111 Å². The van der Waals surface area contributed by atoms with Crippen LogP contribution in [-0.2, 0) is 14.3 Å². The van der Waals surface area contributed by atoms with Gasteiger partial charge in [-0.3, -0.25) is 4.79 Å². The Hall–Kier alpha value is -1.66. The molecule has 0 aromatic rings. The number of carboxylic acid groups (broad SMARTS) is 1. The van der Waals surface area contributed by atoms with Crippen molar-refractivity contribution >= 4 is 11.9 Å². The van der Waals surface area contributed by atoms with Gasteiger partial charge in [0.05, 0.1) is 12.2 Å². The van der Waals surface area contributed by atoms with Gasteiger partial charge in [-0.15, -0.1) is 0 Å². The van der Waals surface area contributed by atoms with Crippen molar-refractivity contribution in [3.8, 4) is 0 Å². The van der Waals surface area contributed by atoms with Crippen LogP contribution in [0.3, 0.4) is 0 Å². The van der Waals surface area contributed by atoms with Gasteiger partial charge in [0.25, 0.3) is 0 Å². The molecule has 0 radical (unpaired) electrons. The number of allylic oxidation sites excluding steroid dienone is 2. The van der Waals surface area contributed by atoms with Crippen LogP contribution in [-0.4, -0.2) is 45.6 Å². The molecule has 4 fully saturated rings. The van der Waals surface area contributed by atoms with Gasteiger partial charge in [0, 0.05) is 12.5 Å². The van der Waals surface area contributed by atoms with Crippen LogP contribution in [0.1, 0.15) is 99.8 Å². The predicted molar refractivity (Wildman–Crippen MR) is 143 cm³/mol. The lowest BCUT2D eigenvalue weighted by Gasteiger charge is -2.69. The van der Waals surface area contributed by atoms with Gasteiger partial charge in [0.15, 0.2) is 0 Å². The highest BCUT2D eigenvalue weighted by molar-refractivity contribution is 5.88. The van der Waals surface area contributed by atoms with E-state index in [0.717, 1.165) is 36.8 Å². The standard InChI is InChI=1S/C31H48O6/c1-17(2)9-8-10-20(28(35)36)26-22-15-24(34)27-29(5)13-12-23(33)18(3)21(29)11-14-30(27,6)31(22,7)16-25(26)37-19(4)32/h9,18,21-25,27,33-34H,8,10-16H2,1-7H3,(H,35,36)/b26-20-/t18-,21-,22-,23?,24+,25+,27-,29-,30-,31-/m0/s1. The van der Waals surface area contributed by atoms with Gasteiger partial charge in [0.1, 0.15) is 6.10 Å². The Labute approximate surface area is 222 Å². The van der Waals surface area contributed by atoms with Crippen LogP contribution in [0.2, 0.25) is 0 Å². The van der Waals surface area contributed by atoms with E-state index in [1.54, 1.807) is 0 Å². The van der Waals surface area contributed by atoms with Crippen LogP contribution in [0.15, 0.2) is 22.8 Å². The van der Waals surface area contributed by atoms with E-state index in [0.29, 0.717) is 37.2 Å². The second kappa shape index (κ2) is 9.82. The van der Waals surface area contributed by atoms with Crippen molar-refractivity contribution in [1.29, 1.82) is 0 Å². The molecule has 1 unspecified atom stereocenters. The third kappa shape index (κ3) is 4.40. The molecule has 6 heteroatoms. The quantitative estimate of drug-likeness (QED) is 0.247. The third-order valence-corrected chi connectivity index (χ3v) is 11.6. The van der Waals surface area contributed by atoms with Crippen molar-refractivity contribution in [2.24, 2.45) is 39.9 Å². The normalized spacial score (nSPS) is 46.2. The molecule has 0 bridgehead atoms. The zero-order chi connectivity index (χ0) is 27.5. The summed E-state index contributed by atoms with van der Waals surface area (Å²) >= 11 is 0. The van der Waals surface area contributed by atoms with E-state index >= 15 is 0 Å². The smallest absolute Gasteiger partial charge is 0.331 e. The Morgan fingerprint density at radius 1 is 1.03 bits per heavy atom. The minimum atomic E-state index is -0.953. The van der Waals surface area contributed by atoms with Crippen LogP contribution in [0.4, 0.5) is 0 Å². The fourth-order valence-corrected chi connectivity index (χ4v) is 9.79. The van der Waals surface area contributed by atoms with Gasteiger partial charge < -0.3 is 20.1 Å². The van der Waals surface area contributed by atoms with Crippen molar-refractivity contribution in [3.63, 3.8) is 0 Å². The van der Waals surface area contributed by atoms with Crippen molar-refractivity contribution in [1.82, 2.24) is 0 Å². The molecular formula is C31H48O6. The van der Waals surface area contributed by atoms with Crippen LogP contribution >= 0.6 is 0 Å². The molecule has 4 aliphatic carbocycles. The average Bonchev–Trinajstić information content (AvgIpc) is 3.05. The summed E-state index contributed by atoms with van der Waals surface area (Å²) < 4.78 is 5.87. The first-order chi connectivity index (χ1) is 17.2. The topological polar surface area (TPSA) is 104 Å². The number of fused-ring (bicyclic) bond motifs is 5. The Morgan fingerprint density at radius 3 is 2.30 bits per heavy atom. The number of hydrogen-bond acceptors (Lipinski definition) is 5. The van der Waals surface area contributed by atoms with Crippen LogP contribution in [0.25, 0.3) is 0 Å². The second-order valence-electron chi connectivity index (χ2n) is 13.6. The molecule has 4 aliphatic rings. The average molecular weight is 517 g/mol. The number of hydrogen-bond donors (Lipinski definition) is 3. The van der Waals surface area contributed by atoms with Crippen molar-refractivity contribution in [3.05, 3.63) is 22.8 Å². The van der Waals surface area contributed by atoms with E-state index in [2.05, 4.69) is 27.7 Å². The Bertz CT molecular complexity index is 994. The number of aliphatic hydroxyl groups excluding tert-OH is 2. The Kier molecular flexibility index (Phi) is 7.53. The number of carboxylic acids is 1. The summed E-state index contributed by atoms with van der Waals surface area (Å²) in [6, 6.07) is 0. The first kappa shape index (κ1) is 28.4. The van der Waals surface area contributed by atoms with E-state index in [9.17, 15) is 24.9 Å². The maximum Gasteiger partial charge on any atom is 0.331 e. The number of ether oxygens (including phenoxy) is 1. The lowest BCUT2D eigenvalue weighted by Crippen LogP contribution is -2.65. The summed E-state index contributed by atoms with van der Waals surface area (Å²) in [5.74, 6) is -0.909. The molecule has 3 N–H and O–H groups in total. The van der Waals surface area contributed by atoms with Crippen molar-refractivity contribution in [2.75, 3.05) is 0 Å². The first-order valence-corrected chi connectivity index (χ1v) is 14.3. The third-order valence-electron chi connectivity index (χ3n) is 11.6. The molecule has 208 valence electrons. The number of aliphatic hydroxyl groups is 2. The number of rotatable bonds is 5. The van der Waals surface area contributed by atoms with E-state index in [1.165, 1.54) is 6.92 Å². The molecule has 4 rings (SSSR count). The monoisotopic (exact) mass is 516 g/mol. The van der Waals surface area contributed by atoms with Crippen LogP contribution in [0, 0.1) is 39.9 Å². The lowest BCUT2D eigenvalue weighted by molar-refractivity contribution is -0.234.